The molecule has 0 saturated carbocycles. The Morgan fingerprint density at radius 3 is 1.48 bits per heavy atom. The normalized spacial score (nSPS) is 13.4. The van der Waals surface area contributed by atoms with Gasteiger partial charge in [-0.3, -0.25) is 9.59 Å². The molecule has 0 aromatic rings. The summed E-state index contributed by atoms with van der Waals surface area (Å²) in [6.07, 6.45) is 45.8. The molecule has 0 rings (SSSR count). The van der Waals surface area contributed by atoms with E-state index >= 15 is 0 Å². The smallest absolute Gasteiger partial charge is 0.362 e. The molecule has 1 N–H and O–H groups in total. The number of carbonyl (C=O) groups is 3. The van der Waals surface area contributed by atoms with Crippen molar-refractivity contribution in [3.63, 3.8) is 0 Å². The second kappa shape index (κ2) is 39.1. The number of hydrogen-bond acceptors (Lipinski definition) is 6. The van der Waals surface area contributed by atoms with E-state index in [9.17, 15) is 19.5 Å². The van der Waals surface area contributed by atoms with Crippen LogP contribution < -0.4 is 0 Å². The van der Waals surface area contributed by atoms with E-state index in [4.69, 9.17) is 14.2 Å². The number of allylic oxidation sites excluding steroid dienone is 8. The molecule has 0 saturated heterocycles. The number of carbonyl (C=O) groups excluding carboxylic acids is 2. The highest BCUT2D eigenvalue weighted by Crippen LogP contribution is 2.15. The number of carboxylic acids is 1. The first-order chi connectivity index (χ1) is 27.1. The minimum absolute atomic E-state index is 0.0521. The van der Waals surface area contributed by atoms with Crippen LogP contribution in [0.15, 0.2) is 48.6 Å². The largest absolute Gasteiger partial charge is 0.477 e. The number of unbranched alkanes of at least 4 members (excludes halogenated alkanes) is 18. The summed E-state index contributed by atoms with van der Waals surface area (Å²) in [6, 6.07) is -0.614. The fourth-order valence-corrected chi connectivity index (χ4v) is 6.49. The molecule has 8 nitrogen and oxygen atoms in total. The molecule has 0 heterocycles. The van der Waals surface area contributed by atoms with E-state index < -0.39 is 18.1 Å². The van der Waals surface area contributed by atoms with Crippen LogP contribution >= 0.6 is 0 Å². The molecule has 324 valence electrons. The predicted octanol–water partition coefficient (Wildman–Crippen LogP) is 12.4. The highest BCUT2D eigenvalue weighted by Gasteiger charge is 2.31. The number of quaternary nitrogens is 1. The molecule has 0 aromatic carbocycles. The Bertz CT molecular complexity index is 1060. The number of likely N-dealkylation sites (N-methyl/N-ethyl adjacent to an activating group) is 1. The lowest BCUT2D eigenvalue weighted by atomic mass is 10.1. The summed E-state index contributed by atoms with van der Waals surface area (Å²) in [5.74, 6) is -1.47. The van der Waals surface area contributed by atoms with Crippen LogP contribution in [0, 0.1) is 0 Å². The second-order valence-electron chi connectivity index (χ2n) is 16.3. The summed E-state index contributed by atoms with van der Waals surface area (Å²) in [6.45, 7) is 4.61. The van der Waals surface area contributed by atoms with Crippen molar-refractivity contribution in [3.05, 3.63) is 48.6 Å². The van der Waals surface area contributed by atoms with E-state index in [1.165, 1.54) is 83.5 Å². The molecule has 0 aliphatic heterocycles. The molecule has 0 spiro atoms. The third-order valence-corrected chi connectivity index (χ3v) is 9.99. The number of aliphatic carboxylic acids is 1. The summed E-state index contributed by atoms with van der Waals surface area (Å²) < 4.78 is 17.3. The number of hydrogen-bond donors (Lipinski definition) is 1. The van der Waals surface area contributed by atoms with Gasteiger partial charge in [-0.1, -0.05) is 165 Å². The Morgan fingerprint density at radius 2 is 1.00 bits per heavy atom. The van der Waals surface area contributed by atoms with Gasteiger partial charge in [0.25, 0.3) is 0 Å². The minimum atomic E-state index is -0.876. The van der Waals surface area contributed by atoms with Crippen molar-refractivity contribution in [2.45, 2.75) is 199 Å². The van der Waals surface area contributed by atoms with Crippen molar-refractivity contribution >= 4 is 17.9 Å². The van der Waals surface area contributed by atoms with Crippen molar-refractivity contribution in [3.8, 4) is 0 Å². The van der Waals surface area contributed by atoms with Crippen LogP contribution in [0.1, 0.15) is 187 Å². The van der Waals surface area contributed by atoms with Crippen molar-refractivity contribution in [1.29, 1.82) is 0 Å². The Morgan fingerprint density at radius 1 is 0.554 bits per heavy atom. The predicted molar refractivity (Wildman–Crippen MR) is 234 cm³/mol. The Balaban J connectivity index is 4.26. The molecule has 8 heteroatoms. The minimum Gasteiger partial charge on any atom is -0.477 e. The van der Waals surface area contributed by atoms with Crippen molar-refractivity contribution < 1.29 is 38.2 Å². The molecule has 0 bridgehead atoms. The number of ether oxygens (including phenoxy) is 3. The molecule has 0 aliphatic carbocycles. The Kier molecular flexibility index (Phi) is 37.2. The van der Waals surface area contributed by atoms with Crippen LogP contribution in [0.4, 0.5) is 0 Å². The van der Waals surface area contributed by atoms with Gasteiger partial charge < -0.3 is 23.8 Å². The van der Waals surface area contributed by atoms with Crippen LogP contribution in [-0.2, 0) is 28.6 Å². The standard InChI is InChI=1S/C48H85NO7/c1-6-8-10-12-14-16-18-19-20-21-22-23-24-25-26-27-28-29-31-33-35-37-39-47(51)56-44(42-54-41-40-45(48(52)53)49(3,4)5)43-55-46(50)38-36-34-32-30-17-15-13-11-9-7-2/h8,10,14,16,19-20,22-23,44-45H,6-7,9,11-13,15,17-18,21,24-43H2,1-5H3/p+1/b10-8+,16-14+,20-19+,23-22+. The van der Waals surface area contributed by atoms with Gasteiger partial charge in [-0.2, -0.15) is 0 Å². The van der Waals surface area contributed by atoms with Crippen molar-refractivity contribution in [1.82, 2.24) is 0 Å². The van der Waals surface area contributed by atoms with Crippen LogP contribution in [0.3, 0.4) is 0 Å². The van der Waals surface area contributed by atoms with E-state index in [0.29, 0.717) is 19.3 Å². The molecular weight excluding hydrogens is 703 g/mol. The summed E-state index contributed by atoms with van der Waals surface area (Å²) in [5, 5.41) is 9.61. The maximum absolute atomic E-state index is 12.7. The van der Waals surface area contributed by atoms with Crippen molar-refractivity contribution in [2.75, 3.05) is 41.0 Å². The molecule has 2 unspecified atom stereocenters. The third-order valence-electron chi connectivity index (χ3n) is 9.99. The SMILES string of the molecule is CC/C=C/C/C=C/C/C=C/C/C=C/CCCCCCCCCCCC(=O)OC(COCCC(C(=O)O)[N+](C)(C)C)COC(=O)CCCCCCCCCCCC. The fourth-order valence-electron chi connectivity index (χ4n) is 6.49. The quantitative estimate of drug-likeness (QED) is 0.0286. The third kappa shape index (κ3) is 36.9. The van der Waals surface area contributed by atoms with Crippen LogP contribution in [0.25, 0.3) is 0 Å². The zero-order valence-electron chi connectivity index (χ0n) is 36.8. The molecular formula is C48H86NO7+. The second-order valence-corrected chi connectivity index (χ2v) is 16.3. The Hall–Kier alpha value is -2.71. The van der Waals surface area contributed by atoms with Crippen LogP contribution in [0.5, 0.6) is 0 Å². The maximum atomic E-state index is 12.7. The van der Waals surface area contributed by atoms with Gasteiger partial charge in [0.05, 0.1) is 34.4 Å². The lowest BCUT2D eigenvalue weighted by Crippen LogP contribution is -2.50. The summed E-state index contributed by atoms with van der Waals surface area (Å²) >= 11 is 0. The Labute approximate surface area is 344 Å². The van der Waals surface area contributed by atoms with E-state index in [1.807, 2.05) is 21.1 Å². The summed E-state index contributed by atoms with van der Waals surface area (Å²) in [5.41, 5.74) is 0. The highest BCUT2D eigenvalue weighted by molar-refractivity contribution is 5.72. The number of nitrogens with zero attached hydrogens (tertiary/aromatic N) is 1. The first kappa shape index (κ1) is 53.3. The van der Waals surface area contributed by atoms with E-state index in [0.717, 1.165) is 70.6 Å². The molecule has 0 aliphatic rings. The first-order valence-corrected chi connectivity index (χ1v) is 22.7. The molecule has 0 amide bonds. The average molecular weight is 789 g/mol. The molecule has 0 radical (unpaired) electrons. The number of rotatable bonds is 40. The van der Waals surface area contributed by atoms with Gasteiger partial charge in [0.1, 0.15) is 6.61 Å². The lowest BCUT2D eigenvalue weighted by Gasteiger charge is -2.31. The lowest BCUT2D eigenvalue weighted by molar-refractivity contribution is -0.887. The summed E-state index contributed by atoms with van der Waals surface area (Å²) in [7, 11) is 5.52. The molecule has 0 fully saturated rings. The van der Waals surface area contributed by atoms with Crippen molar-refractivity contribution in [2.24, 2.45) is 0 Å². The van der Waals surface area contributed by atoms with Crippen LogP contribution in [-0.4, -0.2) is 80.6 Å². The maximum Gasteiger partial charge on any atom is 0.362 e. The monoisotopic (exact) mass is 789 g/mol. The zero-order chi connectivity index (χ0) is 41.4. The highest BCUT2D eigenvalue weighted by atomic mass is 16.6. The van der Waals surface area contributed by atoms with E-state index in [2.05, 4.69) is 62.5 Å². The first-order valence-electron chi connectivity index (χ1n) is 22.7. The van der Waals surface area contributed by atoms with Gasteiger partial charge in [0, 0.05) is 19.3 Å². The zero-order valence-corrected chi connectivity index (χ0v) is 36.8. The molecule has 2 atom stereocenters. The number of carboxylic acid groups (broad SMARTS) is 1. The summed E-state index contributed by atoms with van der Waals surface area (Å²) in [4.78, 5) is 36.9. The van der Waals surface area contributed by atoms with Crippen LogP contribution in [0.2, 0.25) is 0 Å². The van der Waals surface area contributed by atoms with Gasteiger partial charge in [0.2, 0.25) is 0 Å². The van der Waals surface area contributed by atoms with Gasteiger partial charge in [-0.25, -0.2) is 4.79 Å². The van der Waals surface area contributed by atoms with Gasteiger partial charge in [-0.05, 0) is 51.4 Å². The van der Waals surface area contributed by atoms with Gasteiger partial charge in [-0.15, -0.1) is 0 Å². The van der Waals surface area contributed by atoms with E-state index in [-0.39, 0.29) is 36.2 Å². The molecule has 56 heavy (non-hydrogen) atoms. The van der Waals surface area contributed by atoms with E-state index in [1.54, 1.807) is 0 Å². The molecule has 0 aromatic heterocycles. The van der Waals surface area contributed by atoms with Gasteiger partial charge >= 0.3 is 17.9 Å². The van der Waals surface area contributed by atoms with Gasteiger partial charge in [0.15, 0.2) is 12.1 Å². The number of esters is 2. The topological polar surface area (TPSA) is 99.1 Å². The fraction of sp³-hybridized carbons (Fsp3) is 0.771. The average Bonchev–Trinajstić information content (AvgIpc) is 3.15.